The molecular weight excluding hydrogens is 272 g/mol. The first-order chi connectivity index (χ1) is 9.04. The number of hydrogen-bond donors (Lipinski definition) is 1. The Morgan fingerprint density at radius 1 is 1.58 bits per heavy atom. The minimum atomic E-state index is -0.618. The molecule has 6 nitrogen and oxygen atoms in total. The van der Waals surface area contributed by atoms with E-state index in [0.29, 0.717) is 6.54 Å². The molecule has 7 heteroatoms. The SMILES string of the molecule is O=C(c1ccc(Cl)c([N+](=O)[O-])c1)N1CCCC1CO. The Bertz CT molecular complexity index is 520. The first-order valence-corrected chi connectivity index (χ1v) is 6.28. The lowest BCUT2D eigenvalue weighted by atomic mass is 10.1. The van der Waals surface area contributed by atoms with Gasteiger partial charge in [0.05, 0.1) is 17.6 Å². The fraction of sp³-hybridized carbons (Fsp3) is 0.417. The molecule has 1 unspecified atom stereocenters. The van der Waals surface area contributed by atoms with Gasteiger partial charge in [0.1, 0.15) is 5.02 Å². The molecule has 1 N–H and O–H groups in total. The van der Waals surface area contributed by atoms with Crippen LogP contribution >= 0.6 is 11.6 Å². The third-order valence-corrected chi connectivity index (χ3v) is 3.56. The summed E-state index contributed by atoms with van der Waals surface area (Å²) in [6, 6.07) is 3.78. The molecule has 1 aliphatic rings. The minimum Gasteiger partial charge on any atom is -0.394 e. The van der Waals surface area contributed by atoms with Crippen LogP contribution in [0.2, 0.25) is 5.02 Å². The maximum atomic E-state index is 12.3. The molecule has 0 spiro atoms. The number of amides is 1. The molecule has 1 amide bonds. The van der Waals surface area contributed by atoms with Crippen molar-refractivity contribution in [2.45, 2.75) is 18.9 Å². The number of nitro benzene ring substituents is 1. The Balaban J connectivity index is 2.29. The van der Waals surface area contributed by atoms with E-state index in [9.17, 15) is 20.0 Å². The summed E-state index contributed by atoms with van der Waals surface area (Å²) in [6.45, 7) is 0.460. The second-order valence-electron chi connectivity index (χ2n) is 4.40. The fourth-order valence-corrected chi connectivity index (χ4v) is 2.43. The lowest BCUT2D eigenvalue weighted by molar-refractivity contribution is -0.384. The highest BCUT2D eigenvalue weighted by molar-refractivity contribution is 6.32. The standard InChI is InChI=1S/C12H13ClN2O4/c13-10-4-3-8(6-11(10)15(18)19)12(17)14-5-1-2-9(14)7-16/h3-4,6,9,16H,1-2,5,7H2. The number of aliphatic hydroxyl groups excluding tert-OH is 1. The van der Waals surface area contributed by atoms with Crippen LogP contribution in [0.3, 0.4) is 0 Å². The van der Waals surface area contributed by atoms with Gasteiger partial charge in [0.15, 0.2) is 0 Å². The summed E-state index contributed by atoms with van der Waals surface area (Å²) in [5.41, 5.74) is -0.0660. The van der Waals surface area contributed by atoms with Gasteiger partial charge in [-0.1, -0.05) is 11.6 Å². The van der Waals surface area contributed by atoms with Crippen LogP contribution in [-0.2, 0) is 0 Å². The van der Waals surface area contributed by atoms with E-state index in [1.807, 2.05) is 0 Å². The number of nitro groups is 1. The van der Waals surface area contributed by atoms with Crippen LogP contribution in [0.15, 0.2) is 18.2 Å². The predicted molar refractivity (Wildman–Crippen MR) is 69.3 cm³/mol. The third-order valence-electron chi connectivity index (χ3n) is 3.24. The van der Waals surface area contributed by atoms with Crippen molar-refractivity contribution in [3.8, 4) is 0 Å². The molecule has 0 radical (unpaired) electrons. The Labute approximate surface area is 114 Å². The number of benzene rings is 1. The summed E-state index contributed by atoms with van der Waals surface area (Å²) in [5, 5.41) is 20.0. The zero-order valence-corrected chi connectivity index (χ0v) is 10.8. The molecule has 0 bridgehead atoms. The lowest BCUT2D eigenvalue weighted by Gasteiger charge is -2.22. The molecule has 1 fully saturated rings. The normalized spacial score (nSPS) is 18.6. The van der Waals surface area contributed by atoms with Gasteiger partial charge in [0, 0.05) is 18.2 Å². The predicted octanol–water partition coefficient (Wildman–Crippen LogP) is 1.85. The first-order valence-electron chi connectivity index (χ1n) is 5.90. The Hall–Kier alpha value is -1.66. The number of hydrogen-bond acceptors (Lipinski definition) is 4. The number of rotatable bonds is 3. The second-order valence-corrected chi connectivity index (χ2v) is 4.81. The molecule has 1 aliphatic heterocycles. The van der Waals surface area contributed by atoms with E-state index < -0.39 is 4.92 Å². The highest BCUT2D eigenvalue weighted by Gasteiger charge is 2.29. The zero-order valence-electron chi connectivity index (χ0n) is 10.1. The minimum absolute atomic E-state index is 0.00156. The van der Waals surface area contributed by atoms with Gasteiger partial charge in [-0.15, -0.1) is 0 Å². The molecule has 1 saturated heterocycles. The van der Waals surface area contributed by atoms with Gasteiger partial charge in [0.2, 0.25) is 0 Å². The maximum Gasteiger partial charge on any atom is 0.288 e. The van der Waals surface area contributed by atoms with Crippen LogP contribution < -0.4 is 0 Å². The number of aliphatic hydroxyl groups is 1. The quantitative estimate of drug-likeness (QED) is 0.678. The molecule has 1 aromatic carbocycles. The summed E-state index contributed by atoms with van der Waals surface area (Å²) < 4.78 is 0. The largest absolute Gasteiger partial charge is 0.394 e. The number of carbonyl (C=O) groups is 1. The van der Waals surface area contributed by atoms with Gasteiger partial charge < -0.3 is 10.0 Å². The Morgan fingerprint density at radius 2 is 2.32 bits per heavy atom. The van der Waals surface area contributed by atoms with E-state index >= 15 is 0 Å². The van der Waals surface area contributed by atoms with Gasteiger partial charge >= 0.3 is 0 Å². The number of halogens is 1. The average Bonchev–Trinajstić information content (AvgIpc) is 2.86. The summed E-state index contributed by atoms with van der Waals surface area (Å²) in [4.78, 5) is 24.0. The van der Waals surface area contributed by atoms with Crippen molar-refractivity contribution in [1.29, 1.82) is 0 Å². The van der Waals surface area contributed by atoms with Crippen LogP contribution in [0.25, 0.3) is 0 Å². The van der Waals surface area contributed by atoms with Crippen molar-refractivity contribution < 1.29 is 14.8 Å². The molecule has 2 rings (SSSR count). The molecule has 1 atom stereocenters. The number of nitrogens with zero attached hydrogens (tertiary/aromatic N) is 2. The third kappa shape index (κ3) is 2.69. The van der Waals surface area contributed by atoms with Crippen LogP contribution in [0.1, 0.15) is 23.2 Å². The van der Waals surface area contributed by atoms with E-state index in [0.717, 1.165) is 12.8 Å². The average molecular weight is 285 g/mol. The monoisotopic (exact) mass is 284 g/mol. The van der Waals surface area contributed by atoms with Crippen LogP contribution in [0.5, 0.6) is 0 Å². The number of likely N-dealkylation sites (tertiary alicyclic amines) is 1. The molecule has 0 aromatic heterocycles. The van der Waals surface area contributed by atoms with Gasteiger partial charge in [0.25, 0.3) is 11.6 Å². The van der Waals surface area contributed by atoms with Crippen molar-refractivity contribution >= 4 is 23.2 Å². The maximum absolute atomic E-state index is 12.3. The second kappa shape index (κ2) is 5.54. The highest BCUT2D eigenvalue weighted by atomic mass is 35.5. The van der Waals surface area contributed by atoms with Crippen LogP contribution in [0, 0.1) is 10.1 Å². The molecule has 0 aliphatic carbocycles. The number of carbonyl (C=O) groups excluding carboxylic acids is 1. The van der Waals surface area contributed by atoms with Crippen molar-refractivity contribution in [3.63, 3.8) is 0 Å². The molecular formula is C12H13ClN2O4. The van der Waals surface area contributed by atoms with Crippen LogP contribution in [0.4, 0.5) is 5.69 Å². The summed E-state index contributed by atoms with van der Waals surface area (Å²) in [6.07, 6.45) is 1.57. The van der Waals surface area contributed by atoms with Gasteiger partial charge in [-0.05, 0) is 25.0 Å². The lowest BCUT2D eigenvalue weighted by Crippen LogP contribution is -2.37. The van der Waals surface area contributed by atoms with Crippen molar-refractivity contribution in [1.82, 2.24) is 4.90 Å². The van der Waals surface area contributed by atoms with Crippen LogP contribution in [-0.4, -0.2) is 40.0 Å². The highest BCUT2D eigenvalue weighted by Crippen LogP contribution is 2.27. The van der Waals surface area contributed by atoms with E-state index in [1.165, 1.54) is 18.2 Å². The fourth-order valence-electron chi connectivity index (χ4n) is 2.24. The molecule has 102 valence electrons. The van der Waals surface area contributed by atoms with Gasteiger partial charge in [-0.2, -0.15) is 0 Å². The van der Waals surface area contributed by atoms with Gasteiger partial charge in [-0.25, -0.2) is 0 Å². The topological polar surface area (TPSA) is 83.7 Å². The zero-order chi connectivity index (χ0) is 14.0. The summed E-state index contributed by atoms with van der Waals surface area (Å²) in [5.74, 6) is -0.309. The van der Waals surface area contributed by atoms with Crippen molar-refractivity contribution in [3.05, 3.63) is 38.9 Å². The smallest absolute Gasteiger partial charge is 0.288 e. The van der Waals surface area contributed by atoms with E-state index in [-0.39, 0.29) is 34.8 Å². The molecule has 1 heterocycles. The Kier molecular flexibility index (Phi) is 4.01. The molecule has 0 saturated carbocycles. The first kappa shape index (κ1) is 13.8. The Morgan fingerprint density at radius 3 is 2.95 bits per heavy atom. The summed E-state index contributed by atoms with van der Waals surface area (Å²) in [7, 11) is 0. The van der Waals surface area contributed by atoms with Crippen molar-refractivity contribution in [2.24, 2.45) is 0 Å². The van der Waals surface area contributed by atoms with E-state index in [1.54, 1.807) is 4.90 Å². The van der Waals surface area contributed by atoms with Crippen molar-refractivity contribution in [2.75, 3.05) is 13.2 Å². The van der Waals surface area contributed by atoms with Gasteiger partial charge in [-0.3, -0.25) is 14.9 Å². The summed E-state index contributed by atoms with van der Waals surface area (Å²) >= 11 is 5.70. The molecule has 19 heavy (non-hydrogen) atoms. The van der Waals surface area contributed by atoms with E-state index in [4.69, 9.17) is 11.6 Å². The van der Waals surface area contributed by atoms with E-state index in [2.05, 4.69) is 0 Å². The molecule has 1 aromatic rings.